The number of nitrogens with one attached hydrogen (secondary N) is 1. The third kappa shape index (κ3) is 3.08. The molecule has 102 valence electrons. The maximum absolute atomic E-state index is 12.0. The standard InChI is InChI=1S/C13H16N2O4/c16-8-10-4-2-6-12(10)14-13(17)9-3-1-5-11(7-9)15(18)19/h1,3,5,7,10,12,16H,2,4,6,8H2,(H,14,17). The highest BCUT2D eigenvalue weighted by atomic mass is 16.6. The van der Waals surface area contributed by atoms with Gasteiger partial charge in [-0.25, -0.2) is 0 Å². The fourth-order valence-corrected chi connectivity index (χ4v) is 2.46. The van der Waals surface area contributed by atoms with E-state index in [9.17, 15) is 20.0 Å². The molecule has 2 N–H and O–H groups in total. The van der Waals surface area contributed by atoms with Gasteiger partial charge in [0.1, 0.15) is 0 Å². The molecule has 2 atom stereocenters. The first kappa shape index (κ1) is 13.5. The fraction of sp³-hybridized carbons (Fsp3) is 0.462. The van der Waals surface area contributed by atoms with Gasteiger partial charge in [0.15, 0.2) is 0 Å². The third-order valence-corrected chi connectivity index (χ3v) is 3.53. The lowest BCUT2D eigenvalue weighted by Gasteiger charge is -2.18. The van der Waals surface area contributed by atoms with Crippen molar-refractivity contribution in [1.82, 2.24) is 5.32 Å². The van der Waals surface area contributed by atoms with Crippen molar-refractivity contribution in [2.45, 2.75) is 25.3 Å². The predicted octanol–water partition coefficient (Wildman–Crippen LogP) is 1.49. The highest BCUT2D eigenvalue weighted by molar-refractivity contribution is 5.95. The van der Waals surface area contributed by atoms with Gasteiger partial charge in [-0.1, -0.05) is 12.5 Å². The van der Waals surface area contributed by atoms with Gasteiger partial charge in [0.2, 0.25) is 0 Å². The van der Waals surface area contributed by atoms with Crippen LogP contribution < -0.4 is 5.32 Å². The van der Waals surface area contributed by atoms with Crippen molar-refractivity contribution >= 4 is 11.6 Å². The number of amides is 1. The van der Waals surface area contributed by atoms with Crippen molar-refractivity contribution in [2.24, 2.45) is 5.92 Å². The summed E-state index contributed by atoms with van der Waals surface area (Å²) in [6, 6.07) is 5.61. The van der Waals surface area contributed by atoms with Gasteiger partial charge >= 0.3 is 0 Å². The van der Waals surface area contributed by atoms with Gasteiger partial charge in [0.05, 0.1) is 4.92 Å². The van der Waals surface area contributed by atoms with Crippen LogP contribution in [0.1, 0.15) is 29.6 Å². The van der Waals surface area contributed by atoms with Crippen LogP contribution in [0.3, 0.4) is 0 Å². The normalized spacial score (nSPS) is 22.2. The Balaban J connectivity index is 2.07. The Morgan fingerprint density at radius 2 is 2.26 bits per heavy atom. The molecule has 19 heavy (non-hydrogen) atoms. The molecule has 2 rings (SSSR count). The third-order valence-electron chi connectivity index (χ3n) is 3.53. The molecular formula is C13H16N2O4. The summed E-state index contributed by atoms with van der Waals surface area (Å²) in [5.74, 6) is -0.239. The van der Waals surface area contributed by atoms with Crippen LogP contribution in [0.2, 0.25) is 0 Å². The van der Waals surface area contributed by atoms with Crippen LogP contribution in [-0.4, -0.2) is 28.6 Å². The van der Waals surface area contributed by atoms with Gasteiger partial charge < -0.3 is 10.4 Å². The Kier molecular flexibility index (Phi) is 4.11. The Morgan fingerprint density at radius 3 is 2.95 bits per heavy atom. The van der Waals surface area contributed by atoms with Crippen LogP contribution >= 0.6 is 0 Å². The Bertz CT molecular complexity index is 489. The number of non-ortho nitro benzene ring substituents is 1. The first-order valence-corrected chi connectivity index (χ1v) is 6.28. The van der Waals surface area contributed by atoms with Gasteiger partial charge in [-0.05, 0) is 18.9 Å². The number of hydrogen-bond donors (Lipinski definition) is 2. The molecule has 0 radical (unpaired) electrons. The van der Waals surface area contributed by atoms with E-state index in [4.69, 9.17) is 0 Å². The number of rotatable bonds is 4. The first-order valence-electron chi connectivity index (χ1n) is 6.28. The molecule has 0 bridgehead atoms. The van der Waals surface area contributed by atoms with E-state index >= 15 is 0 Å². The molecule has 2 unspecified atom stereocenters. The molecule has 1 aromatic carbocycles. The molecule has 6 nitrogen and oxygen atoms in total. The first-order chi connectivity index (χ1) is 9.11. The molecule has 1 fully saturated rings. The van der Waals surface area contributed by atoms with E-state index in [2.05, 4.69) is 5.32 Å². The fourth-order valence-electron chi connectivity index (χ4n) is 2.46. The lowest BCUT2D eigenvalue weighted by molar-refractivity contribution is -0.384. The molecule has 0 saturated heterocycles. The van der Waals surface area contributed by atoms with Gasteiger partial charge in [0, 0.05) is 36.3 Å². The van der Waals surface area contributed by atoms with Crippen LogP contribution in [0, 0.1) is 16.0 Å². The van der Waals surface area contributed by atoms with Crippen molar-refractivity contribution in [2.75, 3.05) is 6.61 Å². The molecule has 1 saturated carbocycles. The molecule has 0 aromatic heterocycles. The summed E-state index contributed by atoms with van der Waals surface area (Å²) in [5, 5.41) is 22.7. The van der Waals surface area contributed by atoms with Gasteiger partial charge in [-0.15, -0.1) is 0 Å². The average Bonchev–Trinajstić information content (AvgIpc) is 2.86. The molecule has 1 aromatic rings. The number of aliphatic hydroxyl groups excluding tert-OH is 1. The van der Waals surface area contributed by atoms with Crippen LogP contribution in [0.5, 0.6) is 0 Å². The topological polar surface area (TPSA) is 92.5 Å². The van der Waals surface area contributed by atoms with Crippen LogP contribution in [0.15, 0.2) is 24.3 Å². The number of aliphatic hydroxyl groups is 1. The SMILES string of the molecule is O=C(NC1CCCC1CO)c1cccc([N+](=O)[O-])c1. The summed E-state index contributed by atoms with van der Waals surface area (Å²) in [5.41, 5.74) is 0.176. The number of nitro benzene ring substituents is 1. The van der Waals surface area contributed by atoms with Crippen LogP contribution in [0.4, 0.5) is 5.69 Å². The van der Waals surface area contributed by atoms with Crippen LogP contribution in [0.25, 0.3) is 0 Å². The molecule has 1 aliphatic rings. The highest BCUT2D eigenvalue weighted by Crippen LogP contribution is 2.25. The summed E-state index contributed by atoms with van der Waals surface area (Å²) >= 11 is 0. The summed E-state index contributed by atoms with van der Waals surface area (Å²) in [6.07, 6.45) is 2.72. The minimum Gasteiger partial charge on any atom is -0.396 e. The summed E-state index contributed by atoms with van der Waals surface area (Å²) in [6.45, 7) is 0.0554. The van der Waals surface area contributed by atoms with E-state index in [0.717, 1.165) is 19.3 Å². The summed E-state index contributed by atoms with van der Waals surface area (Å²) in [4.78, 5) is 22.2. The number of hydrogen-bond acceptors (Lipinski definition) is 4. The van der Waals surface area contributed by atoms with Crippen molar-refractivity contribution in [1.29, 1.82) is 0 Å². The minimum atomic E-state index is -0.525. The van der Waals surface area contributed by atoms with Gasteiger partial charge in [0.25, 0.3) is 11.6 Å². The minimum absolute atomic E-state index is 0.0447. The number of nitrogens with zero attached hydrogens (tertiary/aromatic N) is 1. The van der Waals surface area contributed by atoms with Gasteiger partial charge in [-0.2, -0.15) is 0 Å². The number of carbonyl (C=O) groups excluding carboxylic acids is 1. The number of benzene rings is 1. The average molecular weight is 264 g/mol. The largest absolute Gasteiger partial charge is 0.396 e. The molecule has 1 amide bonds. The second-order valence-corrected chi connectivity index (χ2v) is 4.76. The Hall–Kier alpha value is -1.95. The van der Waals surface area contributed by atoms with E-state index in [1.165, 1.54) is 18.2 Å². The van der Waals surface area contributed by atoms with Crippen LogP contribution in [-0.2, 0) is 0 Å². The number of nitro groups is 1. The Morgan fingerprint density at radius 1 is 1.47 bits per heavy atom. The smallest absolute Gasteiger partial charge is 0.270 e. The molecule has 0 aliphatic heterocycles. The second kappa shape index (κ2) is 5.79. The Labute approximate surface area is 110 Å². The van der Waals surface area contributed by atoms with E-state index in [-0.39, 0.29) is 35.7 Å². The van der Waals surface area contributed by atoms with E-state index in [1.807, 2.05) is 0 Å². The molecule has 0 heterocycles. The van der Waals surface area contributed by atoms with Gasteiger partial charge in [-0.3, -0.25) is 14.9 Å². The zero-order valence-corrected chi connectivity index (χ0v) is 10.4. The van der Waals surface area contributed by atoms with E-state index in [1.54, 1.807) is 6.07 Å². The lowest BCUT2D eigenvalue weighted by Crippen LogP contribution is -2.38. The molecule has 1 aliphatic carbocycles. The van der Waals surface area contributed by atoms with E-state index < -0.39 is 4.92 Å². The maximum Gasteiger partial charge on any atom is 0.270 e. The zero-order valence-electron chi connectivity index (χ0n) is 10.4. The van der Waals surface area contributed by atoms with Crippen molar-refractivity contribution in [3.63, 3.8) is 0 Å². The van der Waals surface area contributed by atoms with Crippen molar-refractivity contribution < 1.29 is 14.8 Å². The second-order valence-electron chi connectivity index (χ2n) is 4.76. The van der Waals surface area contributed by atoms with E-state index in [0.29, 0.717) is 0 Å². The summed E-state index contributed by atoms with van der Waals surface area (Å²) < 4.78 is 0. The zero-order chi connectivity index (χ0) is 13.8. The maximum atomic E-state index is 12.0. The van der Waals surface area contributed by atoms with Crippen molar-refractivity contribution in [3.8, 4) is 0 Å². The molecular weight excluding hydrogens is 248 g/mol. The number of carbonyl (C=O) groups is 1. The van der Waals surface area contributed by atoms with Crippen molar-refractivity contribution in [3.05, 3.63) is 39.9 Å². The molecule has 6 heteroatoms. The summed E-state index contributed by atoms with van der Waals surface area (Å²) in [7, 11) is 0. The monoisotopic (exact) mass is 264 g/mol. The molecule has 0 spiro atoms. The predicted molar refractivity (Wildman–Crippen MR) is 68.8 cm³/mol. The lowest BCUT2D eigenvalue weighted by atomic mass is 10.0. The highest BCUT2D eigenvalue weighted by Gasteiger charge is 2.28. The quantitative estimate of drug-likeness (QED) is 0.636.